The van der Waals surface area contributed by atoms with E-state index in [1.165, 1.54) is 0 Å². The highest BCUT2D eigenvalue weighted by Gasteiger charge is 2.11. The summed E-state index contributed by atoms with van der Waals surface area (Å²) in [6.07, 6.45) is 0.314. The van der Waals surface area contributed by atoms with E-state index in [0.717, 1.165) is 5.56 Å². The SMILES string of the molecule is CC(C)(C)OCCC(=O)Nc1cccc(C(N)=S)c1. The molecule has 1 amide bonds. The fourth-order valence-electron chi connectivity index (χ4n) is 1.42. The summed E-state index contributed by atoms with van der Waals surface area (Å²) >= 11 is 4.89. The van der Waals surface area contributed by atoms with Gasteiger partial charge in [-0.15, -0.1) is 0 Å². The van der Waals surface area contributed by atoms with E-state index in [2.05, 4.69) is 5.32 Å². The average molecular weight is 280 g/mol. The van der Waals surface area contributed by atoms with Crippen LogP contribution in [-0.2, 0) is 9.53 Å². The second-order valence-corrected chi connectivity index (χ2v) is 5.64. The Balaban J connectivity index is 2.48. The largest absolute Gasteiger partial charge is 0.389 e. The third-order valence-electron chi connectivity index (χ3n) is 2.30. The van der Waals surface area contributed by atoms with Crippen molar-refractivity contribution in [1.82, 2.24) is 0 Å². The maximum absolute atomic E-state index is 11.7. The smallest absolute Gasteiger partial charge is 0.226 e. The molecule has 0 heterocycles. The molecule has 0 aliphatic rings. The van der Waals surface area contributed by atoms with Crippen molar-refractivity contribution < 1.29 is 9.53 Å². The zero-order valence-corrected chi connectivity index (χ0v) is 12.3. The van der Waals surface area contributed by atoms with Crippen molar-refractivity contribution in [3.05, 3.63) is 29.8 Å². The van der Waals surface area contributed by atoms with Gasteiger partial charge in [0.2, 0.25) is 5.91 Å². The predicted molar refractivity (Wildman–Crippen MR) is 81.3 cm³/mol. The highest BCUT2D eigenvalue weighted by atomic mass is 32.1. The number of thiocarbonyl (C=S) groups is 1. The minimum atomic E-state index is -0.230. The van der Waals surface area contributed by atoms with Crippen molar-refractivity contribution in [3.8, 4) is 0 Å². The summed E-state index contributed by atoms with van der Waals surface area (Å²) in [6.45, 7) is 6.26. The number of carbonyl (C=O) groups excluding carboxylic acids is 1. The van der Waals surface area contributed by atoms with E-state index in [4.69, 9.17) is 22.7 Å². The Bertz CT molecular complexity index is 467. The second kappa shape index (κ2) is 6.63. The predicted octanol–water partition coefficient (Wildman–Crippen LogP) is 2.46. The van der Waals surface area contributed by atoms with Gasteiger partial charge in [0.05, 0.1) is 18.6 Å². The van der Waals surface area contributed by atoms with Gasteiger partial charge in [-0.1, -0.05) is 24.4 Å². The molecule has 0 spiro atoms. The van der Waals surface area contributed by atoms with Gasteiger partial charge in [0.15, 0.2) is 0 Å². The van der Waals surface area contributed by atoms with E-state index in [1.54, 1.807) is 24.3 Å². The highest BCUT2D eigenvalue weighted by molar-refractivity contribution is 7.80. The van der Waals surface area contributed by atoms with E-state index in [-0.39, 0.29) is 11.5 Å². The fourth-order valence-corrected chi connectivity index (χ4v) is 1.55. The summed E-state index contributed by atoms with van der Waals surface area (Å²) in [5.41, 5.74) is 6.73. The van der Waals surface area contributed by atoms with Crippen LogP contribution in [0.5, 0.6) is 0 Å². The Morgan fingerprint density at radius 3 is 2.68 bits per heavy atom. The molecule has 1 rings (SSSR count). The summed E-state index contributed by atoms with van der Waals surface area (Å²) in [5, 5.41) is 2.79. The van der Waals surface area contributed by atoms with E-state index >= 15 is 0 Å². The Morgan fingerprint density at radius 2 is 2.11 bits per heavy atom. The lowest BCUT2D eigenvalue weighted by Crippen LogP contribution is -2.22. The zero-order valence-electron chi connectivity index (χ0n) is 11.5. The minimum absolute atomic E-state index is 0.0932. The third-order valence-corrected chi connectivity index (χ3v) is 2.53. The van der Waals surface area contributed by atoms with Gasteiger partial charge in [0.1, 0.15) is 4.99 Å². The molecule has 5 heteroatoms. The molecule has 0 aliphatic carbocycles. The van der Waals surface area contributed by atoms with Crippen molar-refractivity contribution in [3.63, 3.8) is 0 Å². The number of ether oxygens (including phenoxy) is 1. The molecule has 4 nitrogen and oxygen atoms in total. The highest BCUT2D eigenvalue weighted by Crippen LogP contribution is 2.12. The van der Waals surface area contributed by atoms with Crippen LogP contribution in [0.2, 0.25) is 0 Å². The van der Waals surface area contributed by atoms with Crippen LogP contribution in [-0.4, -0.2) is 23.1 Å². The molecule has 0 saturated carbocycles. The summed E-state index contributed by atoms with van der Waals surface area (Å²) in [7, 11) is 0. The number of nitrogens with one attached hydrogen (secondary N) is 1. The van der Waals surface area contributed by atoms with Gasteiger partial charge in [-0.05, 0) is 32.9 Å². The molecule has 0 bridgehead atoms. The van der Waals surface area contributed by atoms with E-state index in [0.29, 0.717) is 23.7 Å². The summed E-state index contributed by atoms with van der Waals surface area (Å²) in [4.78, 5) is 12.0. The molecule has 0 atom stereocenters. The quantitative estimate of drug-likeness (QED) is 0.813. The molecule has 0 fully saturated rings. The van der Waals surface area contributed by atoms with Gasteiger partial charge < -0.3 is 15.8 Å². The van der Waals surface area contributed by atoms with Crippen LogP contribution in [0, 0.1) is 0 Å². The molecule has 104 valence electrons. The van der Waals surface area contributed by atoms with Crippen molar-refractivity contribution in [2.45, 2.75) is 32.8 Å². The summed E-state index contributed by atoms with van der Waals surface area (Å²) in [6, 6.07) is 7.16. The molecular weight excluding hydrogens is 260 g/mol. The molecule has 3 N–H and O–H groups in total. The van der Waals surface area contributed by atoms with E-state index in [9.17, 15) is 4.79 Å². The van der Waals surface area contributed by atoms with Crippen LogP contribution in [0.25, 0.3) is 0 Å². The van der Waals surface area contributed by atoms with Gasteiger partial charge in [-0.25, -0.2) is 0 Å². The van der Waals surface area contributed by atoms with Gasteiger partial charge >= 0.3 is 0 Å². The number of carbonyl (C=O) groups is 1. The minimum Gasteiger partial charge on any atom is -0.389 e. The molecule has 0 saturated heterocycles. The topological polar surface area (TPSA) is 64.3 Å². The number of nitrogens with two attached hydrogens (primary N) is 1. The molecule has 0 radical (unpaired) electrons. The van der Waals surface area contributed by atoms with Crippen molar-refractivity contribution in [2.75, 3.05) is 11.9 Å². The lowest BCUT2D eigenvalue weighted by molar-refractivity contribution is -0.118. The van der Waals surface area contributed by atoms with Crippen LogP contribution >= 0.6 is 12.2 Å². The normalized spacial score (nSPS) is 11.1. The average Bonchev–Trinajstić information content (AvgIpc) is 2.27. The Kier molecular flexibility index (Phi) is 5.44. The van der Waals surface area contributed by atoms with Gasteiger partial charge in [-0.3, -0.25) is 4.79 Å². The van der Waals surface area contributed by atoms with Crippen LogP contribution in [0.1, 0.15) is 32.8 Å². The Labute approximate surface area is 119 Å². The fraction of sp³-hybridized carbons (Fsp3) is 0.429. The maximum atomic E-state index is 11.7. The number of amides is 1. The number of benzene rings is 1. The first kappa shape index (κ1) is 15.6. The van der Waals surface area contributed by atoms with Crippen molar-refractivity contribution >= 4 is 28.8 Å². The first-order valence-corrected chi connectivity index (χ1v) is 6.52. The molecule has 0 aromatic heterocycles. The van der Waals surface area contributed by atoms with Crippen LogP contribution in [0.3, 0.4) is 0 Å². The third kappa shape index (κ3) is 6.31. The van der Waals surface area contributed by atoms with E-state index in [1.807, 2.05) is 20.8 Å². The lowest BCUT2D eigenvalue weighted by Gasteiger charge is -2.19. The number of rotatable bonds is 5. The first-order chi connectivity index (χ1) is 8.78. The molecule has 0 unspecified atom stereocenters. The lowest BCUT2D eigenvalue weighted by atomic mass is 10.2. The van der Waals surface area contributed by atoms with Gasteiger partial charge in [0, 0.05) is 11.3 Å². The second-order valence-electron chi connectivity index (χ2n) is 5.20. The molecule has 0 aliphatic heterocycles. The van der Waals surface area contributed by atoms with Crippen LogP contribution < -0.4 is 11.1 Å². The standard InChI is InChI=1S/C14H20N2O2S/c1-14(2,3)18-8-7-12(17)16-11-6-4-5-10(9-11)13(15)19/h4-6,9H,7-8H2,1-3H3,(H2,15,19)(H,16,17). The molecule has 19 heavy (non-hydrogen) atoms. The molecule has 1 aromatic rings. The maximum Gasteiger partial charge on any atom is 0.226 e. The number of hydrogen-bond acceptors (Lipinski definition) is 3. The zero-order chi connectivity index (χ0) is 14.5. The first-order valence-electron chi connectivity index (χ1n) is 6.11. The molecule has 1 aromatic carbocycles. The van der Waals surface area contributed by atoms with E-state index < -0.39 is 0 Å². The monoisotopic (exact) mass is 280 g/mol. The number of hydrogen-bond donors (Lipinski definition) is 2. The number of anilines is 1. The van der Waals surface area contributed by atoms with Crippen LogP contribution in [0.15, 0.2) is 24.3 Å². The summed E-state index contributed by atoms with van der Waals surface area (Å²) in [5.74, 6) is -0.0932. The van der Waals surface area contributed by atoms with Crippen LogP contribution in [0.4, 0.5) is 5.69 Å². The Hall–Kier alpha value is -1.46. The Morgan fingerprint density at radius 1 is 1.42 bits per heavy atom. The summed E-state index contributed by atoms with van der Waals surface area (Å²) < 4.78 is 5.50. The van der Waals surface area contributed by atoms with Gasteiger partial charge in [0.25, 0.3) is 0 Å². The van der Waals surface area contributed by atoms with Crippen molar-refractivity contribution in [2.24, 2.45) is 5.73 Å². The molecular formula is C14H20N2O2S. The van der Waals surface area contributed by atoms with Gasteiger partial charge in [-0.2, -0.15) is 0 Å². The van der Waals surface area contributed by atoms with Crippen molar-refractivity contribution in [1.29, 1.82) is 0 Å².